The van der Waals surface area contributed by atoms with Crippen molar-refractivity contribution in [2.24, 2.45) is 5.73 Å². The van der Waals surface area contributed by atoms with Gasteiger partial charge in [-0.15, -0.1) is 0 Å². The number of rotatable bonds is 3. The molecule has 0 radical (unpaired) electrons. The monoisotopic (exact) mass is 334 g/mol. The van der Waals surface area contributed by atoms with Gasteiger partial charge in [0.1, 0.15) is 28.6 Å². The summed E-state index contributed by atoms with van der Waals surface area (Å²) >= 11 is 0. The minimum atomic E-state index is -0.529. The van der Waals surface area contributed by atoms with Gasteiger partial charge in [0, 0.05) is 29.9 Å². The van der Waals surface area contributed by atoms with Crippen LogP contribution in [0.5, 0.6) is 17.2 Å². The van der Waals surface area contributed by atoms with Gasteiger partial charge in [-0.3, -0.25) is 14.2 Å². The Hall–Kier alpha value is -3.61. The molecule has 4 rings (SSSR count). The number of ether oxygens (including phenoxy) is 1. The zero-order chi connectivity index (χ0) is 17.6. The molecule has 0 atom stereocenters. The van der Waals surface area contributed by atoms with E-state index in [1.165, 1.54) is 0 Å². The number of primary amides is 1. The average Bonchev–Trinajstić information content (AvgIpc) is 2.90. The molecule has 0 unspecified atom stereocenters. The van der Waals surface area contributed by atoms with Gasteiger partial charge in [-0.2, -0.15) is 0 Å². The van der Waals surface area contributed by atoms with Crippen molar-refractivity contribution in [1.29, 1.82) is 0 Å². The topological polar surface area (TPSA) is 103 Å². The van der Waals surface area contributed by atoms with E-state index in [2.05, 4.69) is 9.97 Å². The molecule has 4 aromatic rings. The molecule has 0 saturated carbocycles. The summed E-state index contributed by atoms with van der Waals surface area (Å²) in [5.74, 6) is 0.783. The third-order valence-corrected chi connectivity index (χ3v) is 3.92. The number of phenols is 1. The highest BCUT2D eigenvalue weighted by molar-refractivity contribution is 5.93. The van der Waals surface area contributed by atoms with Gasteiger partial charge in [0.2, 0.25) is 0 Å². The van der Waals surface area contributed by atoms with E-state index >= 15 is 0 Å². The maximum absolute atomic E-state index is 11.5. The number of carbonyl (C=O) groups excluding carboxylic acids is 1. The number of aromatic hydroxyl groups is 1. The van der Waals surface area contributed by atoms with Crippen molar-refractivity contribution in [3.05, 3.63) is 60.2 Å². The van der Waals surface area contributed by atoms with E-state index in [0.717, 1.165) is 5.39 Å². The van der Waals surface area contributed by atoms with Crippen LogP contribution in [0.1, 0.15) is 16.2 Å². The summed E-state index contributed by atoms with van der Waals surface area (Å²) in [6.07, 6.45) is 3.31. The Morgan fingerprint density at radius 3 is 2.88 bits per heavy atom. The standard InChI is InChI=1S/C18H14N4O3/c1-10-17(18(19)24)22-7-5-12(9-16(22)21-10)25-15-4-6-20-14-8-11(23)2-3-13(14)15/h2-9,23H,1H3,(H2,19,24). The molecule has 0 aliphatic carbocycles. The van der Waals surface area contributed by atoms with Gasteiger partial charge in [-0.05, 0) is 31.2 Å². The number of amides is 1. The first kappa shape index (κ1) is 14.9. The van der Waals surface area contributed by atoms with Gasteiger partial charge >= 0.3 is 0 Å². The van der Waals surface area contributed by atoms with Crippen molar-refractivity contribution in [2.75, 3.05) is 0 Å². The fourth-order valence-corrected chi connectivity index (χ4v) is 2.83. The number of aryl methyl sites for hydroxylation is 1. The summed E-state index contributed by atoms with van der Waals surface area (Å²) in [5.41, 5.74) is 7.52. The van der Waals surface area contributed by atoms with Gasteiger partial charge in [0.25, 0.3) is 5.91 Å². The number of pyridine rings is 2. The molecule has 0 fully saturated rings. The number of aromatic nitrogens is 3. The van der Waals surface area contributed by atoms with Crippen LogP contribution in [0.4, 0.5) is 0 Å². The Morgan fingerprint density at radius 1 is 1.24 bits per heavy atom. The molecule has 7 nitrogen and oxygen atoms in total. The Morgan fingerprint density at radius 2 is 2.08 bits per heavy atom. The number of imidazole rings is 1. The van der Waals surface area contributed by atoms with Crippen molar-refractivity contribution in [3.8, 4) is 17.2 Å². The van der Waals surface area contributed by atoms with Crippen LogP contribution in [0, 0.1) is 6.92 Å². The van der Waals surface area contributed by atoms with Crippen LogP contribution in [0.3, 0.4) is 0 Å². The quantitative estimate of drug-likeness (QED) is 0.600. The summed E-state index contributed by atoms with van der Waals surface area (Å²) in [4.78, 5) is 20.1. The molecule has 3 N–H and O–H groups in total. The summed E-state index contributed by atoms with van der Waals surface area (Å²) in [5, 5.41) is 10.3. The van der Waals surface area contributed by atoms with Crippen LogP contribution in [0.25, 0.3) is 16.6 Å². The number of nitrogens with two attached hydrogens (primary N) is 1. The molecule has 25 heavy (non-hydrogen) atoms. The Labute approximate surface area is 142 Å². The third-order valence-electron chi connectivity index (χ3n) is 3.92. The number of hydrogen-bond acceptors (Lipinski definition) is 5. The molecule has 3 heterocycles. The molecular weight excluding hydrogens is 320 g/mol. The molecule has 3 aromatic heterocycles. The molecule has 0 spiro atoms. The number of hydrogen-bond donors (Lipinski definition) is 2. The predicted molar refractivity (Wildman–Crippen MR) is 91.9 cm³/mol. The number of benzene rings is 1. The lowest BCUT2D eigenvalue weighted by Gasteiger charge is -2.09. The van der Waals surface area contributed by atoms with E-state index in [1.54, 1.807) is 60.1 Å². The molecule has 7 heteroatoms. The van der Waals surface area contributed by atoms with Crippen molar-refractivity contribution in [1.82, 2.24) is 14.4 Å². The Bertz CT molecular complexity index is 1130. The van der Waals surface area contributed by atoms with Gasteiger partial charge in [-0.1, -0.05) is 0 Å². The number of carbonyl (C=O) groups is 1. The maximum Gasteiger partial charge on any atom is 0.267 e. The van der Waals surface area contributed by atoms with Gasteiger partial charge < -0.3 is 15.6 Å². The molecule has 0 aliphatic heterocycles. The summed E-state index contributed by atoms with van der Waals surface area (Å²) in [6, 6.07) is 10.1. The summed E-state index contributed by atoms with van der Waals surface area (Å²) in [6.45, 7) is 1.73. The van der Waals surface area contributed by atoms with Gasteiger partial charge in [0.15, 0.2) is 0 Å². The Kier molecular flexibility index (Phi) is 3.28. The number of phenolic OH excluding ortho intramolecular Hbond substituents is 1. The van der Waals surface area contributed by atoms with Crippen molar-refractivity contribution < 1.29 is 14.6 Å². The normalized spacial score (nSPS) is 11.1. The summed E-state index contributed by atoms with van der Waals surface area (Å²) in [7, 11) is 0. The van der Waals surface area contributed by atoms with Crippen molar-refractivity contribution in [2.45, 2.75) is 6.92 Å². The zero-order valence-electron chi connectivity index (χ0n) is 13.3. The fraction of sp³-hybridized carbons (Fsp3) is 0.0556. The highest BCUT2D eigenvalue weighted by Gasteiger charge is 2.14. The van der Waals surface area contributed by atoms with E-state index in [0.29, 0.717) is 34.1 Å². The second-order valence-electron chi connectivity index (χ2n) is 5.61. The van der Waals surface area contributed by atoms with E-state index in [4.69, 9.17) is 10.5 Å². The van der Waals surface area contributed by atoms with Crippen LogP contribution in [0.2, 0.25) is 0 Å². The smallest absolute Gasteiger partial charge is 0.267 e. The van der Waals surface area contributed by atoms with Crippen molar-refractivity contribution in [3.63, 3.8) is 0 Å². The van der Waals surface area contributed by atoms with E-state index in [9.17, 15) is 9.90 Å². The maximum atomic E-state index is 11.5. The van der Waals surface area contributed by atoms with Crippen LogP contribution >= 0.6 is 0 Å². The van der Waals surface area contributed by atoms with Crippen LogP contribution in [-0.4, -0.2) is 25.4 Å². The first-order chi connectivity index (χ1) is 12.0. The molecule has 1 amide bonds. The highest BCUT2D eigenvalue weighted by Crippen LogP contribution is 2.31. The van der Waals surface area contributed by atoms with Crippen molar-refractivity contribution >= 4 is 22.5 Å². The number of nitrogens with zero attached hydrogens (tertiary/aromatic N) is 3. The highest BCUT2D eigenvalue weighted by atomic mass is 16.5. The Balaban J connectivity index is 1.78. The van der Waals surface area contributed by atoms with E-state index in [-0.39, 0.29) is 5.75 Å². The first-order valence-electron chi connectivity index (χ1n) is 7.57. The SMILES string of the molecule is Cc1nc2cc(Oc3ccnc4cc(O)ccc34)ccn2c1C(N)=O. The molecule has 0 bridgehead atoms. The lowest BCUT2D eigenvalue weighted by atomic mass is 10.2. The van der Waals surface area contributed by atoms with E-state index < -0.39 is 5.91 Å². The molecule has 0 saturated heterocycles. The first-order valence-corrected chi connectivity index (χ1v) is 7.57. The zero-order valence-corrected chi connectivity index (χ0v) is 13.3. The number of fused-ring (bicyclic) bond motifs is 2. The predicted octanol–water partition coefficient (Wildman–Crippen LogP) is 2.79. The van der Waals surface area contributed by atoms with Crippen LogP contribution < -0.4 is 10.5 Å². The molecule has 1 aromatic carbocycles. The third kappa shape index (κ3) is 2.51. The van der Waals surface area contributed by atoms with Gasteiger partial charge in [-0.25, -0.2) is 4.98 Å². The fourth-order valence-electron chi connectivity index (χ4n) is 2.83. The lowest BCUT2D eigenvalue weighted by molar-refractivity contribution is 0.0994. The molecule has 0 aliphatic rings. The van der Waals surface area contributed by atoms with E-state index in [1.807, 2.05) is 0 Å². The van der Waals surface area contributed by atoms with Gasteiger partial charge in [0.05, 0.1) is 11.2 Å². The van der Waals surface area contributed by atoms with Crippen LogP contribution in [0.15, 0.2) is 48.8 Å². The second kappa shape index (κ2) is 5.48. The second-order valence-corrected chi connectivity index (χ2v) is 5.61. The minimum Gasteiger partial charge on any atom is -0.508 e. The largest absolute Gasteiger partial charge is 0.508 e. The van der Waals surface area contributed by atoms with Crippen LogP contribution in [-0.2, 0) is 0 Å². The molecule has 124 valence electrons. The molecular formula is C18H14N4O3. The average molecular weight is 334 g/mol. The minimum absolute atomic E-state index is 0.144. The lowest BCUT2D eigenvalue weighted by Crippen LogP contribution is -2.14. The summed E-state index contributed by atoms with van der Waals surface area (Å²) < 4.78 is 7.59.